The van der Waals surface area contributed by atoms with Gasteiger partial charge in [-0.2, -0.15) is 0 Å². The van der Waals surface area contributed by atoms with Crippen LogP contribution in [-0.2, 0) is 14.4 Å². The van der Waals surface area contributed by atoms with Crippen LogP contribution in [0.3, 0.4) is 0 Å². The third kappa shape index (κ3) is 7.71. The Labute approximate surface area is 252 Å². The average Bonchev–Trinajstić information content (AvgIpc) is 2.75. The first-order valence-corrected chi connectivity index (χ1v) is 23.1. The van der Waals surface area contributed by atoms with Gasteiger partial charge in [0.05, 0.1) is 0 Å². The fourth-order valence-electron chi connectivity index (χ4n) is 8.64. The maximum Gasteiger partial charge on any atom is 0.211 e. The third-order valence-electron chi connectivity index (χ3n) is 11.1. The van der Waals surface area contributed by atoms with Crippen LogP contribution in [0.2, 0.25) is 51.4 Å². The zero-order valence-electron chi connectivity index (χ0n) is 29.7. The number of hydrogen-bond donors (Lipinski definition) is 1. The van der Waals surface area contributed by atoms with Crippen molar-refractivity contribution in [2.45, 2.75) is 168 Å². The lowest BCUT2D eigenvalue weighted by atomic mass is 10.1. The minimum atomic E-state index is -2.28. The number of hydrogen-bond acceptors (Lipinski definition) is 3. The molecule has 0 bridgehead atoms. The highest BCUT2D eigenvalue weighted by molar-refractivity contribution is 6.84. The third-order valence-corrected chi connectivity index (χ3v) is 30.0. The molecule has 6 nitrogen and oxygen atoms in total. The van der Waals surface area contributed by atoms with E-state index in [0.717, 1.165) is 19.4 Å². The van der Waals surface area contributed by atoms with E-state index in [1.165, 1.54) is 0 Å². The van der Waals surface area contributed by atoms with Crippen molar-refractivity contribution >= 4 is 42.4 Å². The normalized spacial score (nSPS) is 15.1. The zero-order chi connectivity index (χ0) is 32.2. The number of amides is 3. The van der Waals surface area contributed by atoms with E-state index in [2.05, 4.69) is 110 Å². The molecule has 40 heavy (non-hydrogen) atoms. The van der Waals surface area contributed by atoms with Gasteiger partial charge >= 0.3 is 0 Å². The molecule has 1 N–H and O–H groups in total. The van der Waals surface area contributed by atoms with Crippen LogP contribution in [-0.4, -0.2) is 65.2 Å². The molecule has 0 saturated heterocycles. The summed E-state index contributed by atoms with van der Waals surface area (Å²) in [6.07, 6.45) is 1.89. The largest absolute Gasteiger partial charge is 0.381 e. The smallest absolute Gasteiger partial charge is 0.211 e. The Kier molecular flexibility index (Phi) is 14.2. The van der Waals surface area contributed by atoms with Gasteiger partial charge in [0.15, 0.2) is 24.7 Å². The van der Waals surface area contributed by atoms with E-state index in [1.807, 2.05) is 7.05 Å². The van der Waals surface area contributed by atoms with Crippen LogP contribution in [0, 0.1) is 0 Å². The standard InChI is InChI=1S/C31H67N3O3Si3/c1-22(2)39(23(3)4,32-28(11)35)27(10)21-31(14,15)38(17,18)34(30(13)37)20-19-26(9)40(24(5)6,25(7)8)33(16)29(12)36/h22-27H,19-21H2,1-18H3,(H,32,35). The number of nitrogens with one attached hydrogen (secondary N) is 1. The number of carbonyl (C=O) groups is 3. The Hall–Kier alpha value is -0.939. The molecule has 3 amide bonds. The highest BCUT2D eigenvalue weighted by Gasteiger charge is 2.53. The second-order valence-corrected chi connectivity index (χ2v) is 31.3. The monoisotopic (exact) mass is 613 g/mol. The molecule has 0 aromatic rings. The lowest BCUT2D eigenvalue weighted by Crippen LogP contribution is -2.63. The zero-order valence-corrected chi connectivity index (χ0v) is 32.7. The quantitative estimate of drug-likeness (QED) is 0.188. The average molecular weight is 614 g/mol. The summed E-state index contributed by atoms with van der Waals surface area (Å²) in [6, 6.07) is 0. The molecular weight excluding hydrogens is 547 g/mol. The van der Waals surface area contributed by atoms with Crippen LogP contribution >= 0.6 is 0 Å². The first kappa shape index (κ1) is 39.1. The van der Waals surface area contributed by atoms with E-state index in [1.54, 1.807) is 20.8 Å². The molecule has 0 aromatic heterocycles. The van der Waals surface area contributed by atoms with Gasteiger partial charge in [0.2, 0.25) is 17.7 Å². The fraction of sp³-hybridized carbons (Fsp3) is 0.903. The van der Waals surface area contributed by atoms with Crippen LogP contribution in [0.4, 0.5) is 0 Å². The molecule has 0 heterocycles. The van der Waals surface area contributed by atoms with E-state index < -0.39 is 24.7 Å². The first-order chi connectivity index (χ1) is 17.9. The maximum atomic E-state index is 13.3. The predicted molar refractivity (Wildman–Crippen MR) is 181 cm³/mol. The molecule has 2 unspecified atom stereocenters. The number of nitrogens with zero attached hydrogens (tertiary/aromatic N) is 2. The summed E-state index contributed by atoms with van der Waals surface area (Å²) >= 11 is 0. The summed E-state index contributed by atoms with van der Waals surface area (Å²) in [5, 5.41) is -0.0530. The van der Waals surface area contributed by atoms with Crippen molar-refractivity contribution in [3.8, 4) is 0 Å². The summed E-state index contributed by atoms with van der Waals surface area (Å²) in [7, 11) is -4.65. The minimum absolute atomic E-state index is 0.0530. The van der Waals surface area contributed by atoms with Crippen molar-refractivity contribution in [2.24, 2.45) is 0 Å². The molecule has 0 rings (SSSR count). The van der Waals surface area contributed by atoms with Crippen LogP contribution in [0.15, 0.2) is 0 Å². The SMILES string of the molecule is CC(=O)N[Si](C(C)C)(C(C)C)C(C)CC(C)(C)[Si](C)(C)N(CCC(C)[Si](C(C)C)(C(C)C)N(C)C(C)=O)C(C)=O. The van der Waals surface area contributed by atoms with Gasteiger partial charge in [-0.15, -0.1) is 0 Å². The number of rotatable bonds is 15. The second kappa shape index (κ2) is 14.5. The van der Waals surface area contributed by atoms with Gasteiger partial charge in [-0.05, 0) is 51.1 Å². The van der Waals surface area contributed by atoms with Crippen LogP contribution in [0.25, 0.3) is 0 Å². The highest BCUT2D eigenvalue weighted by Crippen LogP contribution is 2.52. The summed E-state index contributed by atoms with van der Waals surface area (Å²) < 4.78 is 4.33. The van der Waals surface area contributed by atoms with Gasteiger partial charge in [0.25, 0.3) is 0 Å². The van der Waals surface area contributed by atoms with Crippen LogP contribution in [0.5, 0.6) is 0 Å². The molecule has 236 valence electrons. The minimum Gasteiger partial charge on any atom is -0.381 e. The Morgan fingerprint density at radius 1 is 0.725 bits per heavy atom. The molecule has 0 aromatic carbocycles. The summed E-state index contributed by atoms with van der Waals surface area (Å²) in [5.41, 5.74) is 2.40. The maximum absolute atomic E-state index is 13.3. The van der Waals surface area contributed by atoms with E-state index >= 15 is 0 Å². The first-order valence-electron chi connectivity index (χ1n) is 15.7. The topological polar surface area (TPSA) is 69.7 Å². The molecule has 0 aliphatic rings. The van der Waals surface area contributed by atoms with Gasteiger partial charge in [0.1, 0.15) is 0 Å². The van der Waals surface area contributed by atoms with E-state index in [9.17, 15) is 14.4 Å². The lowest BCUT2D eigenvalue weighted by Gasteiger charge is -2.53. The van der Waals surface area contributed by atoms with Gasteiger partial charge in [0, 0.05) is 34.4 Å². The Balaban J connectivity index is 6.41. The van der Waals surface area contributed by atoms with Gasteiger partial charge in [-0.25, -0.2) is 0 Å². The van der Waals surface area contributed by atoms with Crippen molar-refractivity contribution in [3.63, 3.8) is 0 Å². The Bertz CT molecular complexity index is 855. The summed E-state index contributed by atoms with van der Waals surface area (Å²) in [4.78, 5) is 41.9. The summed E-state index contributed by atoms with van der Waals surface area (Å²) in [5.74, 6) is 0.383. The number of carbonyl (C=O) groups excluding carboxylic acids is 3. The van der Waals surface area contributed by atoms with E-state index in [-0.39, 0.29) is 22.8 Å². The highest BCUT2D eigenvalue weighted by atomic mass is 28.3. The Morgan fingerprint density at radius 2 is 1.15 bits per heavy atom. The lowest BCUT2D eigenvalue weighted by molar-refractivity contribution is -0.125. The van der Waals surface area contributed by atoms with Crippen LogP contribution in [0.1, 0.15) is 117 Å². The molecule has 0 saturated carbocycles. The molecule has 9 heteroatoms. The Morgan fingerprint density at radius 3 is 1.45 bits per heavy atom. The molecule has 2 atom stereocenters. The fourth-order valence-corrected chi connectivity index (χ4v) is 24.7. The van der Waals surface area contributed by atoms with Gasteiger partial charge in [-0.1, -0.05) is 96.2 Å². The van der Waals surface area contributed by atoms with Gasteiger partial charge in [-0.3, -0.25) is 14.4 Å². The van der Waals surface area contributed by atoms with E-state index in [4.69, 9.17) is 0 Å². The van der Waals surface area contributed by atoms with E-state index in [0.29, 0.717) is 33.2 Å². The molecular formula is C31H67N3O3Si3. The second-order valence-electron chi connectivity index (χ2n) is 15.1. The van der Waals surface area contributed by atoms with Crippen molar-refractivity contribution in [3.05, 3.63) is 0 Å². The molecule has 0 spiro atoms. The van der Waals surface area contributed by atoms with Crippen molar-refractivity contribution in [1.82, 2.24) is 14.1 Å². The summed E-state index contributed by atoms with van der Waals surface area (Å²) in [6.45, 7) is 38.1. The van der Waals surface area contributed by atoms with Crippen molar-refractivity contribution < 1.29 is 14.4 Å². The molecule has 0 fully saturated rings. The predicted octanol–water partition coefficient (Wildman–Crippen LogP) is 8.53. The van der Waals surface area contributed by atoms with Crippen LogP contribution < -0.4 is 4.98 Å². The molecule has 0 aliphatic carbocycles. The van der Waals surface area contributed by atoms with Gasteiger partial charge < -0.3 is 14.1 Å². The molecule has 0 radical (unpaired) electrons. The van der Waals surface area contributed by atoms with Crippen molar-refractivity contribution in [2.75, 3.05) is 13.6 Å². The van der Waals surface area contributed by atoms with Crippen molar-refractivity contribution in [1.29, 1.82) is 0 Å². The molecule has 0 aliphatic heterocycles.